The van der Waals surface area contributed by atoms with Crippen LogP contribution in [0.25, 0.3) is 0 Å². The van der Waals surface area contributed by atoms with Crippen molar-refractivity contribution in [1.82, 2.24) is 16.2 Å². The number of rotatable bonds is 7. The van der Waals surface area contributed by atoms with E-state index in [-0.39, 0.29) is 22.8 Å². The highest BCUT2D eigenvalue weighted by Crippen LogP contribution is 2.27. The lowest BCUT2D eigenvalue weighted by Gasteiger charge is -2.21. The van der Waals surface area contributed by atoms with E-state index >= 15 is 0 Å². The molecule has 1 aromatic rings. The van der Waals surface area contributed by atoms with Gasteiger partial charge in [-0.3, -0.25) is 25.2 Å². The van der Waals surface area contributed by atoms with Gasteiger partial charge >= 0.3 is 0 Å². The van der Waals surface area contributed by atoms with Crippen LogP contribution in [0.5, 0.6) is 0 Å². The Morgan fingerprint density at radius 3 is 2.30 bits per heavy atom. The van der Waals surface area contributed by atoms with Crippen LogP contribution in [0.4, 0.5) is 5.69 Å². The highest BCUT2D eigenvalue weighted by molar-refractivity contribution is 7.80. The minimum atomic E-state index is -0.395. The zero-order valence-electron chi connectivity index (χ0n) is 17.8. The number of hydrazine groups is 1. The molecule has 0 unspecified atom stereocenters. The Balaban J connectivity index is 1.69. The van der Waals surface area contributed by atoms with Crippen molar-refractivity contribution in [2.24, 2.45) is 11.8 Å². The van der Waals surface area contributed by atoms with Crippen molar-refractivity contribution in [1.29, 1.82) is 0 Å². The summed E-state index contributed by atoms with van der Waals surface area (Å²) in [6.07, 6.45) is 7.96. The number of hydrogen-bond acceptors (Lipinski definition) is 4. The Morgan fingerprint density at radius 1 is 1.00 bits per heavy atom. The fraction of sp³-hybridized carbons (Fsp3) is 0.545. The first-order valence-electron chi connectivity index (χ1n) is 10.6. The number of thiocarbonyl (C=S) groups is 1. The lowest BCUT2D eigenvalue weighted by atomic mass is 9.86. The van der Waals surface area contributed by atoms with E-state index in [2.05, 4.69) is 21.5 Å². The second kappa shape index (κ2) is 12.3. The van der Waals surface area contributed by atoms with E-state index in [0.717, 1.165) is 6.42 Å². The van der Waals surface area contributed by atoms with Gasteiger partial charge in [-0.2, -0.15) is 0 Å². The third-order valence-electron chi connectivity index (χ3n) is 5.07. The molecule has 8 heteroatoms. The molecule has 0 aliphatic heterocycles. The Morgan fingerprint density at radius 2 is 1.67 bits per heavy atom. The summed E-state index contributed by atoms with van der Waals surface area (Å²) >= 11 is 5.07. The average Bonchev–Trinajstić information content (AvgIpc) is 2.71. The molecule has 4 N–H and O–H groups in total. The standard InChI is InChI=1S/C22H32N4O3S/c1-15(2)14-20(28)23-18-11-9-17(10-12-18)21(29)25-26-22(30)24-19(27)13-8-16-6-4-3-5-7-16/h9-12,15-16H,3-8,13-14H2,1-2H3,(H,23,28)(H,25,29)(H2,24,26,27,30). The number of amides is 3. The molecule has 1 aromatic carbocycles. The van der Waals surface area contributed by atoms with Crippen LogP contribution in [0.1, 0.15) is 75.6 Å². The van der Waals surface area contributed by atoms with Crippen LogP contribution in [0.3, 0.4) is 0 Å². The predicted molar refractivity (Wildman–Crippen MR) is 122 cm³/mol. The van der Waals surface area contributed by atoms with Crippen molar-refractivity contribution in [3.05, 3.63) is 29.8 Å². The zero-order chi connectivity index (χ0) is 21.9. The van der Waals surface area contributed by atoms with Crippen LogP contribution in [0, 0.1) is 11.8 Å². The van der Waals surface area contributed by atoms with Crippen LogP contribution in [-0.2, 0) is 9.59 Å². The highest BCUT2D eigenvalue weighted by Gasteiger charge is 2.15. The van der Waals surface area contributed by atoms with Gasteiger partial charge in [0.05, 0.1) is 0 Å². The van der Waals surface area contributed by atoms with Crippen LogP contribution in [0.15, 0.2) is 24.3 Å². The van der Waals surface area contributed by atoms with Gasteiger partial charge in [-0.15, -0.1) is 0 Å². The monoisotopic (exact) mass is 432 g/mol. The largest absolute Gasteiger partial charge is 0.326 e. The molecule has 0 bridgehead atoms. The van der Waals surface area contributed by atoms with E-state index in [9.17, 15) is 14.4 Å². The van der Waals surface area contributed by atoms with Gasteiger partial charge in [0.2, 0.25) is 11.8 Å². The molecular formula is C22H32N4O3S. The fourth-order valence-corrected chi connectivity index (χ4v) is 3.67. The first-order valence-corrected chi connectivity index (χ1v) is 11.0. The smallest absolute Gasteiger partial charge is 0.269 e. The number of anilines is 1. The quantitative estimate of drug-likeness (QED) is 0.389. The SMILES string of the molecule is CC(C)CC(=O)Nc1ccc(C(=O)NNC(=S)NC(=O)CCC2CCCCC2)cc1. The van der Waals surface area contributed by atoms with Crippen LogP contribution in [-0.4, -0.2) is 22.8 Å². The van der Waals surface area contributed by atoms with Gasteiger partial charge in [-0.05, 0) is 54.7 Å². The van der Waals surface area contributed by atoms with E-state index in [1.54, 1.807) is 24.3 Å². The van der Waals surface area contributed by atoms with Crippen molar-refractivity contribution < 1.29 is 14.4 Å². The molecular weight excluding hydrogens is 400 g/mol. The Hall–Kier alpha value is -2.48. The molecule has 0 heterocycles. The van der Waals surface area contributed by atoms with Gasteiger partial charge in [0.25, 0.3) is 5.91 Å². The number of hydrogen-bond donors (Lipinski definition) is 4. The molecule has 30 heavy (non-hydrogen) atoms. The van der Waals surface area contributed by atoms with Gasteiger partial charge < -0.3 is 10.6 Å². The Labute approximate surface area is 183 Å². The first-order chi connectivity index (χ1) is 14.3. The van der Waals surface area contributed by atoms with Crippen molar-refractivity contribution in [2.75, 3.05) is 5.32 Å². The molecule has 1 fully saturated rings. The van der Waals surface area contributed by atoms with E-state index in [1.165, 1.54) is 32.1 Å². The fourth-order valence-electron chi connectivity index (χ4n) is 3.50. The average molecular weight is 433 g/mol. The predicted octanol–water partition coefficient (Wildman–Crippen LogP) is 3.67. The lowest BCUT2D eigenvalue weighted by molar-refractivity contribution is -0.120. The lowest BCUT2D eigenvalue weighted by Crippen LogP contribution is -2.48. The number of carbonyl (C=O) groups is 3. The summed E-state index contributed by atoms with van der Waals surface area (Å²) < 4.78 is 0. The highest BCUT2D eigenvalue weighted by atomic mass is 32.1. The normalized spacial score (nSPS) is 14.1. The Bertz CT molecular complexity index is 743. The maximum absolute atomic E-state index is 12.2. The molecule has 0 aromatic heterocycles. The van der Waals surface area contributed by atoms with Gasteiger partial charge in [-0.1, -0.05) is 46.0 Å². The zero-order valence-corrected chi connectivity index (χ0v) is 18.6. The van der Waals surface area contributed by atoms with Gasteiger partial charge in [-0.25, -0.2) is 0 Å². The number of carbonyl (C=O) groups excluding carboxylic acids is 3. The first kappa shape index (κ1) is 23.8. The molecule has 0 spiro atoms. The molecule has 0 saturated heterocycles. The minimum Gasteiger partial charge on any atom is -0.326 e. The molecule has 2 rings (SSSR count). The molecule has 164 valence electrons. The van der Waals surface area contributed by atoms with Crippen LogP contribution >= 0.6 is 12.2 Å². The molecule has 1 aliphatic rings. The summed E-state index contributed by atoms with van der Waals surface area (Å²) in [5.74, 6) is 0.303. The third-order valence-corrected chi connectivity index (χ3v) is 5.28. The van der Waals surface area contributed by atoms with Crippen molar-refractivity contribution in [3.8, 4) is 0 Å². The molecule has 0 atom stereocenters. The minimum absolute atomic E-state index is 0.0616. The molecule has 3 amide bonds. The summed E-state index contributed by atoms with van der Waals surface area (Å²) in [4.78, 5) is 36.0. The molecule has 0 radical (unpaired) electrons. The van der Waals surface area contributed by atoms with Crippen molar-refractivity contribution >= 4 is 40.7 Å². The van der Waals surface area contributed by atoms with E-state index < -0.39 is 5.91 Å². The maximum Gasteiger partial charge on any atom is 0.269 e. The maximum atomic E-state index is 12.2. The summed E-state index contributed by atoms with van der Waals surface area (Å²) in [6, 6.07) is 6.54. The second-order valence-electron chi connectivity index (χ2n) is 8.22. The topological polar surface area (TPSA) is 99.3 Å². The van der Waals surface area contributed by atoms with Crippen molar-refractivity contribution in [3.63, 3.8) is 0 Å². The summed E-state index contributed by atoms with van der Waals surface area (Å²) in [6.45, 7) is 3.95. The summed E-state index contributed by atoms with van der Waals surface area (Å²) in [5.41, 5.74) is 6.04. The molecule has 7 nitrogen and oxygen atoms in total. The van der Waals surface area contributed by atoms with Crippen LogP contribution in [0.2, 0.25) is 0 Å². The van der Waals surface area contributed by atoms with E-state index in [1.807, 2.05) is 13.8 Å². The Kier molecular flexibility index (Phi) is 9.73. The van der Waals surface area contributed by atoms with Crippen LogP contribution < -0.4 is 21.5 Å². The second-order valence-corrected chi connectivity index (χ2v) is 8.63. The summed E-state index contributed by atoms with van der Waals surface area (Å²) in [5, 5.41) is 5.45. The van der Waals surface area contributed by atoms with Crippen molar-refractivity contribution in [2.45, 2.75) is 65.2 Å². The van der Waals surface area contributed by atoms with Gasteiger partial charge in [0, 0.05) is 24.1 Å². The van der Waals surface area contributed by atoms with E-state index in [4.69, 9.17) is 12.2 Å². The number of nitrogens with one attached hydrogen (secondary N) is 4. The van der Waals surface area contributed by atoms with Gasteiger partial charge in [0.15, 0.2) is 5.11 Å². The molecule has 1 aliphatic carbocycles. The summed E-state index contributed by atoms with van der Waals surface area (Å²) in [7, 11) is 0. The third kappa shape index (κ3) is 8.90. The van der Waals surface area contributed by atoms with E-state index in [0.29, 0.717) is 30.0 Å². The molecule has 1 saturated carbocycles. The number of benzene rings is 1. The van der Waals surface area contributed by atoms with Gasteiger partial charge in [0.1, 0.15) is 0 Å².